The summed E-state index contributed by atoms with van der Waals surface area (Å²) in [6.45, 7) is 3.72. The lowest BCUT2D eigenvalue weighted by atomic mass is 10.1. The number of benzene rings is 1. The van der Waals surface area contributed by atoms with E-state index in [1.54, 1.807) is 6.92 Å². The Morgan fingerprint density at radius 1 is 1.26 bits per heavy atom. The molecule has 142 valence electrons. The van der Waals surface area contributed by atoms with E-state index < -0.39 is 11.9 Å². The summed E-state index contributed by atoms with van der Waals surface area (Å²) in [5.41, 5.74) is 8.56. The molecule has 2 N–H and O–H groups in total. The normalized spacial score (nSPS) is 10.3. The molecule has 2 rings (SSSR count). The quantitative estimate of drug-likeness (QED) is 0.670. The number of aryl methyl sites for hydroxylation is 1. The smallest absolute Gasteiger partial charge is 0.348 e. The van der Waals surface area contributed by atoms with E-state index in [2.05, 4.69) is 0 Å². The van der Waals surface area contributed by atoms with Crippen molar-refractivity contribution in [2.75, 3.05) is 18.1 Å². The van der Waals surface area contributed by atoms with Crippen molar-refractivity contribution in [3.8, 4) is 6.07 Å². The lowest BCUT2D eigenvalue weighted by Gasteiger charge is -2.07. The Morgan fingerprint density at radius 3 is 2.59 bits per heavy atom. The average Bonchev–Trinajstić information content (AvgIpc) is 2.97. The van der Waals surface area contributed by atoms with Gasteiger partial charge in [-0.25, -0.2) is 4.79 Å². The highest BCUT2D eigenvalue weighted by Gasteiger charge is 2.23. The van der Waals surface area contributed by atoms with Crippen LogP contribution in [0.5, 0.6) is 0 Å². The van der Waals surface area contributed by atoms with Gasteiger partial charge < -0.3 is 15.2 Å². The maximum Gasteiger partial charge on any atom is 0.348 e. The van der Waals surface area contributed by atoms with Gasteiger partial charge in [-0.15, -0.1) is 23.1 Å². The van der Waals surface area contributed by atoms with Gasteiger partial charge in [0.25, 0.3) is 0 Å². The fourth-order valence-corrected chi connectivity index (χ4v) is 3.93. The molecular weight excluding hydrogens is 384 g/mol. The number of nitrogens with zero attached hydrogens (tertiary/aromatic N) is 1. The van der Waals surface area contributed by atoms with Crippen LogP contribution in [0, 0.1) is 18.3 Å². The summed E-state index contributed by atoms with van der Waals surface area (Å²) >= 11 is 2.40. The minimum absolute atomic E-state index is 0.156. The van der Waals surface area contributed by atoms with E-state index in [-0.39, 0.29) is 34.4 Å². The molecule has 8 heteroatoms. The van der Waals surface area contributed by atoms with Crippen LogP contribution in [0.1, 0.15) is 38.8 Å². The van der Waals surface area contributed by atoms with Crippen molar-refractivity contribution in [3.05, 3.63) is 51.4 Å². The highest BCUT2D eigenvalue weighted by atomic mass is 32.2. The second-order valence-electron chi connectivity index (χ2n) is 5.62. The van der Waals surface area contributed by atoms with E-state index in [0.29, 0.717) is 11.3 Å². The largest absolute Gasteiger partial charge is 0.462 e. The van der Waals surface area contributed by atoms with Gasteiger partial charge in [0.15, 0.2) is 0 Å². The van der Waals surface area contributed by atoms with Gasteiger partial charge in [-0.2, -0.15) is 5.26 Å². The first-order valence-corrected chi connectivity index (χ1v) is 10.2. The zero-order chi connectivity index (χ0) is 19.8. The van der Waals surface area contributed by atoms with Gasteiger partial charge in [-0.1, -0.05) is 29.8 Å². The first kappa shape index (κ1) is 20.8. The topological polar surface area (TPSA) is 102 Å². The summed E-state index contributed by atoms with van der Waals surface area (Å²) in [7, 11) is 0. The van der Waals surface area contributed by atoms with Gasteiger partial charge in [0, 0.05) is 11.3 Å². The van der Waals surface area contributed by atoms with Crippen LogP contribution >= 0.6 is 23.1 Å². The molecule has 0 fully saturated rings. The molecule has 0 aliphatic rings. The number of carbonyl (C=O) groups is 2. The Labute approximate surface area is 166 Å². The van der Waals surface area contributed by atoms with Crippen LogP contribution in [0.15, 0.2) is 24.3 Å². The molecular formula is C19H20N2O4S2. The number of hydrogen-bond acceptors (Lipinski definition) is 8. The average molecular weight is 405 g/mol. The third kappa shape index (κ3) is 5.74. The molecule has 1 heterocycles. The Balaban J connectivity index is 1.93. The molecule has 0 amide bonds. The monoisotopic (exact) mass is 404 g/mol. The predicted molar refractivity (Wildman–Crippen MR) is 107 cm³/mol. The third-order valence-corrected chi connectivity index (χ3v) is 5.61. The lowest BCUT2D eigenvalue weighted by molar-refractivity contribution is -0.141. The van der Waals surface area contributed by atoms with Crippen LogP contribution in [0.25, 0.3) is 0 Å². The SMILES string of the molecule is CCOC(=O)c1sc(N)c(C#N)c1COC(=O)CSCc1ccc(C)cc1. The number of hydrogen-bond donors (Lipinski definition) is 1. The highest BCUT2D eigenvalue weighted by Crippen LogP contribution is 2.32. The molecule has 1 aromatic carbocycles. The van der Waals surface area contributed by atoms with Crippen molar-refractivity contribution >= 4 is 40.0 Å². The number of ether oxygens (including phenoxy) is 2. The molecule has 0 unspecified atom stereocenters. The molecule has 0 saturated heterocycles. The summed E-state index contributed by atoms with van der Waals surface area (Å²) in [6.07, 6.45) is 0. The van der Waals surface area contributed by atoms with Crippen molar-refractivity contribution in [3.63, 3.8) is 0 Å². The van der Waals surface area contributed by atoms with E-state index >= 15 is 0 Å². The van der Waals surface area contributed by atoms with E-state index in [0.717, 1.165) is 16.9 Å². The fourth-order valence-electron chi connectivity index (χ4n) is 2.24. The van der Waals surface area contributed by atoms with Crippen LogP contribution in [-0.4, -0.2) is 24.3 Å². The minimum atomic E-state index is -0.574. The number of thioether (sulfide) groups is 1. The van der Waals surface area contributed by atoms with E-state index in [4.69, 9.17) is 15.2 Å². The minimum Gasteiger partial charge on any atom is -0.462 e. The van der Waals surface area contributed by atoms with Crippen molar-refractivity contribution < 1.29 is 19.1 Å². The van der Waals surface area contributed by atoms with Crippen molar-refractivity contribution in [1.82, 2.24) is 0 Å². The molecule has 0 bridgehead atoms. The molecule has 2 aromatic rings. The Morgan fingerprint density at radius 2 is 1.96 bits per heavy atom. The molecule has 6 nitrogen and oxygen atoms in total. The van der Waals surface area contributed by atoms with Crippen molar-refractivity contribution in [1.29, 1.82) is 5.26 Å². The highest BCUT2D eigenvalue weighted by molar-refractivity contribution is 7.99. The van der Waals surface area contributed by atoms with E-state index in [1.165, 1.54) is 17.3 Å². The van der Waals surface area contributed by atoms with Crippen LogP contribution in [0.4, 0.5) is 5.00 Å². The number of esters is 2. The molecule has 0 spiro atoms. The van der Waals surface area contributed by atoms with Gasteiger partial charge >= 0.3 is 11.9 Å². The summed E-state index contributed by atoms with van der Waals surface area (Å²) in [6, 6.07) is 10.0. The summed E-state index contributed by atoms with van der Waals surface area (Å²) in [4.78, 5) is 24.2. The Hall–Kier alpha value is -2.50. The summed E-state index contributed by atoms with van der Waals surface area (Å²) in [5.74, 6) is -0.131. The van der Waals surface area contributed by atoms with Crippen molar-refractivity contribution in [2.45, 2.75) is 26.2 Å². The zero-order valence-corrected chi connectivity index (χ0v) is 16.7. The van der Waals surface area contributed by atoms with Crippen LogP contribution < -0.4 is 5.73 Å². The van der Waals surface area contributed by atoms with E-state index in [1.807, 2.05) is 37.3 Å². The molecule has 27 heavy (non-hydrogen) atoms. The van der Waals surface area contributed by atoms with Crippen LogP contribution in [0.2, 0.25) is 0 Å². The molecule has 1 aromatic heterocycles. The van der Waals surface area contributed by atoms with Gasteiger partial charge in [0.05, 0.1) is 17.9 Å². The maximum atomic E-state index is 12.0. The number of nitriles is 1. The number of carbonyl (C=O) groups excluding carboxylic acids is 2. The van der Waals surface area contributed by atoms with Gasteiger partial charge in [0.2, 0.25) is 0 Å². The number of anilines is 1. The molecule has 0 radical (unpaired) electrons. The standard InChI is InChI=1S/C19H20N2O4S2/c1-3-24-19(23)17-15(14(8-20)18(21)27-17)9-25-16(22)11-26-10-13-6-4-12(2)5-7-13/h4-7H,3,9-11,21H2,1-2H3. The van der Waals surface area contributed by atoms with E-state index in [9.17, 15) is 14.9 Å². The first-order valence-electron chi connectivity index (χ1n) is 8.23. The van der Waals surface area contributed by atoms with Gasteiger partial charge in [0.1, 0.15) is 22.6 Å². The van der Waals surface area contributed by atoms with Crippen LogP contribution in [-0.2, 0) is 26.6 Å². The van der Waals surface area contributed by atoms with Gasteiger partial charge in [-0.3, -0.25) is 4.79 Å². The van der Waals surface area contributed by atoms with Gasteiger partial charge in [-0.05, 0) is 19.4 Å². The summed E-state index contributed by atoms with van der Waals surface area (Å²) in [5, 5.41) is 9.47. The Bertz CT molecular complexity index is 854. The second-order valence-corrected chi connectivity index (χ2v) is 7.66. The zero-order valence-electron chi connectivity index (χ0n) is 15.1. The van der Waals surface area contributed by atoms with Crippen LogP contribution in [0.3, 0.4) is 0 Å². The molecule has 0 saturated carbocycles. The predicted octanol–water partition coefficient (Wildman–Crippen LogP) is 3.66. The second kappa shape index (κ2) is 10.00. The Kier molecular flexibility index (Phi) is 7.70. The van der Waals surface area contributed by atoms with Crippen molar-refractivity contribution in [2.24, 2.45) is 0 Å². The summed E-state index contributed by atoms with van der Waals surface area (Å²) < 4.78 is 10.2. The molecule has 0 aliphatic carbocycles. The number of thiophene rings is 1. The lowest BCUT2D eigenvalue weighted by Crippen LogP contribution is -2.11. The number of nitrogens with two attached hydrogens (primary N) is 1. The third-order valence-electron chi connectivity index (χ3n) is 3.59. The first-order chi connectivity index (χ1) is 13.0. The number of nitrogen functional groups attached to an aromatic ring is 1. The molecule has 0 atom stereocenters. The molecule has 0 aliphatic heterocycles. The fraction of sp³-hybridized carbons (Fsp3) is 0.316. The number of rotatable bonds is 8. The maximum absolute atomic E-state index is 12.0.